The van der Waals surface area contributed by atoms with E-state index in [0.29, 0.717) is 12.1 Å². The van der Waals surface area contributed by atoms with Gasteiger partial charge in [0.25, 0.3) is 0 Å². The fourth-order valence-electron chi connectivity index (χ4n) is 1.40. The lowest BCUT2D eigenvalue weighted by Crippen LogP contribution is -2.12. The summed E-state index contributed by atoms with van der Waals surface area (Å²) in [4.78, 5) is 6.53. The highest BCUT2D eigenvalue weighted by molar-refractivity contribution is 5.58. The number of hydrogen-bond donors (Lipinski definition) is 2. The molecule has 1 aromatic heterocycles. The normalized spacial score (nSPS) is 11.4. The zero-order valence-corrected chi connectivity index (χ0v) is 9.67. The standard InChI is InChI=1S/C11H7F5N4/c12-5-1-2-7(6(13)3-5)18-9-4-8(11(14,15)16)19-10(17)20-9/h1-4H,(H3,17,18,19,20). The minimum atomic E-state index is -4.71. The van der Waals surface area contributed by atoms with Gasteiger partial charge in [0.15, 0.2) is 5.69 Å². The number of anilines is 3. The van der Waals surface area contributed by atoms with Gasteiger partial charge < -0.3 is 11.1 Å². The molecule has 0 saturated carbocycles. The van der Waals surface area contributed by atoms with Gasteiger partial charge in [0.1, 0.15) is 17.5 Å². The monoisotopic (exact) mass is 290 g/mol. The lowest BCUT2D eigenvalue weighted by Gasteiger charge is -2.10. The third-order valence-corrected chi connectivity index (χ3v) is 2.23. The molecule has 0 fully saturated rings. The van der Waals surface area contributed by atoms with Crippen LogP contribution < -0.4 is 11.1 Å². The van der Waals surface area contributed by atoms with Crippen LogP contribution in [-0.4, -0.2) is 9.97 Å². The van der Waals surface area contributed by atoms with Gasteiger partial charge in [-0.2, -0.15) is 18.2 Å². The maximum Gasteiger partial charge on any atom is 0.433 e. The predicted octanol–water partition coefficient (Wildman–Crippen LogP) is 3.10. The molecule has 1 aromatic carbocycles. The van der Waals surface area contributed by atoms with E-state index in [1.807, 2.05) is 0 Å². The van der Waals surface area contributed by atoms with E-state index in [1.165, 1.54) is 0 Å². The van der Waals surface area contributed by atoms with Crippen molar-refractivity contribution >= 4 is 17.5 Å². The van der Waals surface area contributed by atoms with Crippen LogP contribution >= 0.6 is 0 Å². The first-order valence-corrected chi connectivity index (χ1v) is 5.19. The molecule has 0 atom stereocenters. The van der Waals surface area contributed by atoms with Crippen molar-refractivity contribution in [2.75, 3.05) is 11.1 Å². The van der Waals surface area contributed by atoms with Gasteiger partial charge in [-0.15, -0.1) is 0 Å². The largest absolute Gasteiger partial charge is 0.433 e. The Kier molecular flexibility index (Phi) is 3.43. The quantitative estimate of drug-likeness (QED) is 0.834. The van der Waals surface area contributed by atoms with Crippen molar-refractivity contribution in [2.45, 2.75) is 6.18 Å². The van der Waals surface area contributed by atoms with E-state index < -0.39 is 29.5 Å². The summed E-state index contributed by atoms with van der Waals surface area (Å²) in [7, 11) is 0. The van der Waals surface area contributed by atoms with E-state index >= 15 is 0 Å². The van der Waals surface area contributed by atoms with E-state index in [-0.39, 0.29) is 11.5 Å². The smallest absolute Gasteiger partial charge is 0.368 e. The Morgan fingerprint density at radius 3 is 2.35 bits per heavy atom. The molecule has 0 unspecified atom stereocenters. The summed E-state index contributed by atoms with van der Waals surface area (Å²) >= 11 is 0. The SMILES string of the molecule is Nc1nc(Nc2ccc(F)cc2F)cc(C(F)(F)F)n1. The van der Waals surface area contributed by atoms with Gasteiger partial charge in [-0.25, -0.2) is 13.8 Å². The molecule has 0 aliphatic rings. The van der Waals surface area contributed by atoms with E-state index in [2.05, 4.69) is 15.3 Å². The van der Waals surface area contributed by atoms with Crippen LogP contribution in [0.1, 0.15) is 5.69 Å². The number of nitrogens with one attached hydrogen (secondary N) is 1. The third kappa shape index (κ3) is 3.11. The lowest BCUT2D eigenvalue weighted by molar-refractivity contribution is -0.141. The van der Waals surface area contributed by atoms with Crippen molar-refractivity contribution in [3.8, 4) is 0 Å². The molecule has 0 amide bonds. The van der Waals surface area contributed by atoms with Gasteiger partial charge in [-0.3, -0.25) is 0 Å². The molecule has 0 spiro atoms. The van der Waals surface area contributed by atoms with Crippen molar-refractivity contribution in [3.05, 3.63) is 41.6 Å². The Hall–Kier alpha value is -2.45. The molecule has 1 heterocycles. The second-order valence-electron chi connectivity index (χ2n) is 3.74. The Balaban J connectivity index is 2.36. The summed E-state index contributed by atoms with van der Waals surface area (Å²) in [6.45, 7) is 0. The lowest BCUT2D eigenvalue weighted by atomic mass is 10.3. The van der Waals surface area contributed by atoms with E-state index in [0.717, 1.165) is 12.1 Å². The summed E-state index contributed by atoms with van der Waals surface area (Å²) in [5.74, 6) is -2.76. The molecule has 0 saturated heterocycles. The minimum Gasteiger partial charge on any atom is -0.368 e. The molecule has 106 valence electrons. The van der Waals surface area contributed by atoms with Gasteiger partial charge >= 0.3 is 6.18 Å². The maximum atomic E-state index is 13.4. The first-order valence-electron chi connectivity index (χ1n) is 5.19. The number of aromatic nitrogens is 2. The molecule has 0 aliphatic heterocycles. The summed E-state index contributed by atoms with van der Waals surface area (Å²) in [6.07, 6.45) is -4.71. The van der Waals surface area contributed by atoms with Crippen molar-refractivity contribution in [1.29, 1.82) is 0 Å². The molecule has 0 bridgehead atoms. The molecule has 9 heteroatoms. The summed E-state index contributed by atoms with van der Waals surface area (Å²) in [6, 6.07) is 3.12. The topological polar surface area (TPSA) is 63.8 Å². The Morgan fingerprint density at radius 1 is 1.05 bits per heavy atom. The third-order valence-electron chi connectivity index (χ3n) is 2.23. The van der Waals surface area contributed by atoms with Gasteiger partial charge in [0.2, 0.25) is 5.95 Å². The second-order valence-corrected chi connectivity index (χ2v) is 3.74. The van der Waals surface area contributed by atoms with Crippen molar-refractivity contribution in [3.63, 3.8) is 0 Å². The van der Waals surface area contributed by atoms with Crippen molar-refractivity contribution in [1.82, 2.24) is 9.97 Å². The average Bonchev–Trinajstić information content (AvgIpc) is 2.31. The van der Waals surface area contributed by atoms with Gasteiger partial charge in [0, 0.05) is 12.1 Å². The molecule has 2 rings (SSSR count). The van der Waals surface area contributed by atoms with Crippen molar-refractivity contribution < 1.29 is 22.0 Å². The van der Waals surface area contributed by atoms with E-state index in [9.17, 15) is 22.0 Å². The van der Waals surface area contributed by atoms with Crippen LogP contribution in [0.15, 0.2) is 24.3 Å². The maximum absolute atomic E-state index is 13.4. The van der Waals surface area contributed by atoms with Gasteiger partial charge in [-0.05, 0) is 12.1 Å². The Bertz CT molecular complexity index is 641. The van der Waals surface area contributed by atoms with Crippen LogP contribution in [0.3, 0.4) is 0 Å². The van der Waals surface area contributed by atoms with E-state index in [1.54, 1.807) is 0 Å². The van der Waals surface area contributed by atoms with Crippen molar-refractivity contribution in [2.24, 2.45) is 0 Å². The Labute approximate surface area is 109 Å². The number of rotatable bonds is 2. The fourth-order valence-corrected chi connectivity index (χ4v) is 1.40. The Morgan fingerprint density at radius 2 is 1.75 bits per heavy atom. The van der Waals surface area contributed by atoms with Gasteiger partial charge in [-0.1, -0.05) is 0 Å². The molecular weight excluding hydrogens is 283 g/mol. The highest BCUT2D eigenvalue weighted by Gasteiger charge is 2.33. The molecule has 20 heavy (non-hydrogen) atoms. The minimum absolute atomic E-state index is 0.238. The summed E-state index contributed by atoms with van der Waals surface area (Å²) in [5.41, 5.74) is 3.65. The molecule has 2 aromatic rings. The van der Waals surface area contributed by atoms with Crippen LogP contribution in [0.25, 0.3) is 0 Å². The molecule has 0 radical (unpaired) electrons. The zero-order valence-electron chi connectivity index (χ0n) is 9.67. The first-order chi connectivity index (χ1) is 9.25. The number of hydrogen-bond acceptors (Lipinski definition) is 4. The zero-order chi connectivity index (χ0) is 14.9. The number of nitrogen functional groups attached to an aromatic ring is 1. The van der Waals surface area contributed by atoms with Crippen LogP contribution in [-0.2, 0) is 6.18 Å². The number of alkyl halides is 3. The number of halogens is 5. The van der Waals surface area contributed by atoms with E-state index in [4.69, 9.17) is 5.73 Å². The molecule has 4 nitrogen and oxygen atoms in total. The highest BCUT2D eigenvalue weighted by Crippen LogP contribution is 2.30. The summed E-state index contributed by atoms with van der Waals surface area (Å²) < 4.78 is 63.6. The van der Waals surface area contributed by atoms with Crippen LogP contribution in [0, 0.1) is 11.6 Å². The molecule has 3 N–H and O–H groups in total. The predicted molar refractivity (Wildman–Crippen MR) is 61.1 cm³/mol. The molecule has 0 aliphatic carbocycles. The fraction of sp³-hybridized carbons (Fsp3) is 0.0909. The second kappa shape index (κ2) is 4.91. The number of nitrogens with two attached hydrogens (primary N) is 1. The molecular formula is C11H7F5N4. The van der Waals surface area contributed by atoms with Gasteiger partial charge in [0.05, 0.1) is 5.69 Å². The van der Waals surface area contributed by atoms with Crippen LogP contribution in [0.4, 0.5) is 39.4 Å². The van der Waals surface area contributed by atoms with Crippen LogP contribution in [0.5, 0.6) is 0 Å². The first kappa shape index (κ1) is 14.0. The number of nitrogens with zero attached hydrogens (tertiary/aromatic N) is 2. The van der Waals surface area contributed by atoms with Crippen LogP contribution in [0.2, 0.25) is 0 Å². The summed E-state index contributed by atoms with van der Waals surface area (Å²) in [5, 5.41) is 2.28. The highest BCUT2D eigenvalue weighted by atomic mass is 19.4. The average molecular weight is 290 g/mol. The number of benzene rings is 1.